The first kappa shape index (κ1) is 16.6. The maximum Gasteiger partial charge on any atom is 0.211 e. The van der Waals surface area contributed by atoms with Crippen molar-refractivity contribution in [3.05, 3.63) is 21.9 Å². The molecule has 0 aromatic carbocycles. The van der Waals surface area contributed by atoms with Gasteiger partial charge in [-0.3, -0.25) is 0 Å². The average Bonchev–Trinajstić information content (AvgIpc) is 2.77. The highest BCUT2D eigenvalue weighted by Gasteiger charge is 2.10. The van der Waals surface area contributed by atoms with Gasteiger partial charge in [-0.05, 0) is 61.2 Å². The van der Waals surface area contributed by atoms with Crippen molar-refractivity contribution in [2.24, 2.45) is 0 Å². The SMILES string of the molecule is CCCNCCCCS(=O)(=O)NCc1cscc1C. The molecule has 0 radical (unpaired) electrons. The van der Waals surface area contributed by atoms with E-state index in [-0.39, 0.29) is 5.75 Å². The fourth-order valence-electron chi connectivity index (χ4n) is 1.67. The molecule has 1 rings (SSSR count). The Kier molecular flexibility index (Phi) is 7.60. The molecule has 1 heterocycles. The van der Waals surface area contributed by atoms with Crippen molar-refractivity contribution < 1.29 is 8.42 Å². The van der Waals surface area contributed by atoms with Crippen LogP contribution in [0.1, 0.15) is 37.3 Å². The number of aryl methyl sites for hydroxylation is 1. The summed E-state index contributed by atoms with van der Waals surface area (Å²) in [6.07, 6.45) is 2.72. The van der Waals surface area contributed by atoms with E-state index in [4.69, 9.17) is 0 Å². The first-order valence-corrected chi connectivity index (χ1v) is 9.34. The lowest BCUT2D eigenvalue weighted by Crippen LogP contribution is -2.26. The summed E-state index contributed by atoms with van der Waals surface area (Å²) < 4.78 is 26.3. The van der Waals surface area contributed by atoms with E-state index in [2.05, 4.69) is 17.0 Å². The lowest BCUT2D eigenvalue weighted by molar-refractivity contribution is 0.572. The van der Waals surface area contributed by atoms with Crippen molar-refractivity contribution in [1.29, 1.82) is 0 Å². The van der Waals surface area contributed by atoms with Gasteiger partial charge >= 0.3 is 0 Å². The number of rotatable bonds is 10. The molecule has 0 unspecified atom stereocenters. The third-order valence-corrected chi connectivity index (χ3v) is 5.21. The zero-order valence-electron chi connectivity index (χ0n) is 11.7. The van der Waals surface area contributed by atoms with Crippen molar-refractivity contribution in [2.45, 2.75) is 39.7 Å². The molecule has 0 spiro atoms. The van der Waals surface area contributed by atoms with Crippen LogP contribution in [0.2, 0.25) is 0 Å². The molecule has 1 aromatic rings. The maximum atomic E-state index is 11.8. The summed E-state index contributed by atoms with van der Waals surface area (Å²) in [5, 5.41) is 7.29. The van der Waals surface area contributed by atoms with Crippen LogP contribution in [0, 0.1) is 6.92 Å². The van der Waals surface area contributed by atoms with Crippen molar-refractivity contribution in [3.63, 3.8) is 0 Å². The van der Waals surface area contributed by atoms with Crippen LogP contribution >= 0.6 is 11.3 Å². The van der Waals surface area contributed by atoms with E-state index in [0.29, 0.717) is 13.0 Å². The van der Waals surface area contributed by atoms with E-state index < -0.39 is 10.0 Å². The Hall–Kier alpha value is -0.430. The Labute approximate surface area is 120 Å². The minimum Gasteiger partial charge on any atom is -0.317 e. The summed E-state index contributed by atoms with van der Waals surface area (Å²) >= 11 is 1.60. The molecule has 0 bridgehead atoms. The molecule has 0 aliphatic carbocycles. The van der Waals surface area contributed by atoms with Crippen molar-refractivity contribution in [3.8, 4) is 0 Å². The summed E-state index contributed by atoms with van der Waals surface area (Å²) in [5.41, 5.74) is 2.22. The van der Waals surface area contributed by atoms with Crippen molar-refractivity contribution in [1.82, 2.24) is 10.0 Å². The second-order valence-electron chi connectivity index (χ2n) is 4.68. The zero-order valence-corrected chi connectivity index (χ0v) is 13.4. The van der Waals surface area contributed by atoms with Crippen LogP contribution in [0.4, 0.5) is 0 Å². The standard InChI is InChI=1S/C13H24N2O2S2/c1-3-6-14-7-4-5-8-19(16,17)15-9-13-11-18-10-12(13)2/h10-11,14-15H,3-9H2,1-2H3. The van der Waals surface area contributed by atoms with E-state index >= 15 is 0 Å². The minimum atomic E-state index is -3.14. The van der Waals surface area contributed by atoms with E-state index in [1.807, 2.05) is 17.7 Å². The summed E-state index contributed by atoms with van der Waals surface area (Å²) in [6, 6.07) is 0. The number of sulfonamides is 1. The van der Waals surface area contributed by atoms with Crippen LogP contribution < -0.4 is 10.0 Å². The zero-order chi connectivity index (χ0) is 14.1. The molecule has 0 fully saturated rings. The Bertz CT molecular complexity index is 455. The average molecular weight is 304 g/mol. The van der Waals surface area contributed by atoms with Gasteiger partial charge in [0.2, 0.25) is 10.0 Å². The molecule has 1 aromatic heterocycles. The third kappa shape index (κ3) is 7.06. The van der Waals surface area contributed by atoms with Crippen LogP contribution in [-0.2, 0) is 16.6 Å². The Morgan fingerprint density at radius 1 is 1.21 bits per heavy atom. The van der Waals surface area contributed by atoms with E-state index in [0.717, 1.165) is 37.1 Å². The van der Waals surface area contributed by atoms with Gasteiger partial charge in [-0.2, -0.15) is 11.3 Å². The molecule has 0 atom stereocenters. The molecule has 0 aliphatic heterocycles. The van der Waals surface area contributed by atoms with Gasteiger partial charge in [0, 0.05) is 6.54 Å². The number of nitrogens with one attached hydrogen (secondary N) is 2. The topological polar surface area (TPSA) is 58.2 Å². The van der Waals surface area contributed by atoms with Crippen LogP contribution in [0.3, 0.4) is 0 Å². The Balaban J connectivity index is 2.19. The predicted octanol–water partition coefficient (Wildman–Crippen LogP) is 2.26. The minimum absolute atomic E-state index is 0.212. The monoisotopic (exact) mass is 304 g/mol. The molecule has 110 valence electrons. The van der Waals surface area contributed by atoms with Crippen LogP contribution in [-0.4, -0.2) is 27.3 Å². The van der Waals surface area contributed by atoms with E-state index in [9.17, 15) is 8.42 Å². The molecular formula is C13H24N2O2S2. The van der Waals surface area contributed by atoms with Crippen LogP contribution in [0.5, 0.6) is 0 Å². The highest BCUT2D eigenvalue weighted by atomic mass is 32.2. The molecule has 19 heavy (non-hydrogen) atoms. The quantitative estimate of drug-likeness (QED) is 0.652. The lowest BCUT2D eigenvalue weighted by Gasteiger charge is -2.07. The lowest BCUT2D eigenvalue weighted by atomic mass is 10.2. The molecule has 0 aliphatic rings. The summed E-state index contributed by atoms with van der Waals surface area (Å²) in [4.78, 5) is 0. The molecule has 0 saturated carbocycles. The van der Waals surface area contributed by atoms with Gasteiger partial charge in [0.05, 0.1) is 5.75 Å². The van der Waals surface area contributed by atoms with E-state index in [1.54, 1.807) is 11.3 Å². The number of hydrogen-bond acceptors (Lipinski definition) is 4. The van der Waals surface area contributed by atoms with E-state index in [1.165, 1.54) is 0 Å². The highest BCUT2D eigenvalue weighted by molar-refractivity contribution is 7.89. The number of unbranched alkanes of at least 4 members (excludes halogenated alkanes) is 1. The van der Waals surface area contributed by atoms with Gasteiger partial charge in [-0.25, -0.2) is 13.1 Å². The third-order valence-electron chi connectivity index (χ3n) is 2.89. The number of hydrogen-bond donors (Lipinski definition) is 2. The largest absolute Gasteiger partial charge is 0.317 e. The maximum absolute atomic E-state index is 11.8. The molecule has 4 nitrogen and oxygen atoms in total. The van der Waals surface area contributed by atoms with Gasteiger partial charge in [0.1, 0.15) is 0 Å². The smallest absolute Gasteiger partial charge is 0.211 e. The van der Waals surface area contributed by atoms with Gasteiger partial charge in [-0.1, -0.05) is 6.92 Å². The summed E-state index contributed by atoms with van der Waals surface area (Å²) in [5.74, 6) is 0.212. The molecular weight excluding hydrogens is 280 g/mol. The molecule has 0 saturated heterocycles. The fraction of sp³-hybridized carbons (Fsp3) is 0.692. The van der Waals surface area contributed by atoms with Crippen molar-refractivity contribution >= 4 is 21.4 Å². The Morgan fingerprint density at radius 3 is 2.63 bits per heavy atom. The highest BCUT2D eigenvalue weighted by Crippen LogP contribution is 2.13. The second kappa shape index (κ2) is 8.68. The predicted molar refractivity (Wildman–Crippen MR) is 82.1 cm³/mol. The van der Waals surface area contributed by atoms with Gasteiger partial charge in [-0.15, -0.1) is 0 Å². The molecule has 2 N–H and O–H groups in total. The number of thiophene rings is 1. The summed E-state index contributed by atoms with van der Waals surface area (Å²) in [7, 11) is -3.14. The first-order chi connectivity index (χ1) is 9.05. The van der Waals surface area contributed by atoms with Crippen LogP contribution in [0.15, 0.2) is 10.8 Å². The molecule has 0 amide bonds. The molecule has 6 heteroatoms. The van der Waals surface area contributed by atoms with Gasteiger partial charge < -0.3 is 5.32 Å². The first-order valence-electron chi connectivity index (χ1n) is 6.75. The second-order valence-corrected chi connectivity index (χ2v) is 7.35. The van der Waals surface area contributed by atoms with Crippen LogP contribution in [0.25, 0.3) is 0 Å². The Morgan fingerprint density at radius 2 is 2.00 bits per heavy atom. The summed E-state index contributed by atoms with van der Waals surface area (Å²) in [6.45, 7) is 6.43. The fourth-order valence-corrected chi connectivity index (χ4v) is 3.63. The van der Waals surface area contributed by atoms with Gasteiger partial charge in [0.25, 0.3) is 0 Å². The van der Waals surface area contributed by atoms with Crippen molar-refractivity contribution in [2.75, 3.05) is 18.8 Å². The normalized spacial score (nSPS) is 11.9. The van der Waals surface area contributed by atoms with Gasteiger partial charge in [0.15, 0.2) is 0 Å².